The maximum absolute atomic E-state index is 11.0. The summed E-state index contributed by atoms with van der Waals surface area (Å²) in [6.07, 6.45) is 0.903. The average Bonchev–Trinajstić information content (AvgIpc) is 2.65. The van der Waals surface area contributed by atoms with Crippen molar-refractivity contribution < 1.29 is 9.90 Å². The van der Waals surface area contributed by atoms with Crippen LogP contribution in [0, 0.1) is 6.92 Å². The van der Waals surface area contributed by atoms with E-state index in [0.29, 0.717) is 0 Å². The summed E-state index contributed by atoms with van der Waals surface area (Å²) in [5.74, 6) is -0.638. The van der Waals surface area contributed by atoms with E-state index in [0.717, 1.165) is 18.5 Å². The van der Waals surface area contributed by atoms with Gasteiger partial charge in [-0.05, 0) is 25.5 Å². The number of carboxylic acid groups (broad SMARTS) is 1. The van der Waals surface area contributed by atoms with Gasteiger partial charge in [-0.2, -0.15) is 0 Å². The number of hydrogen-bond donors (Lipinski definition) is 2. The van der Waals surface area contributed by atoms with Crippen molar-refractivity contribution in [1.29, 1.82) is 0 Å². The number of carbonyl (C=O) groups is 1. The summed E-state index contributed by atoms with van der Waals surface area (Å²) in [4.78, 5) is 11.0. The summed E-state index contributed by atoms with van der Waals surface area (Å²) in [6.45, 7) is 2.82. The largest absolute Gasteiger partial charge is 0.480 e. The maximum Gasteiger partial charge on any atom is 0.321 e. The smallest absolute Gasteiger partial charge is 0.321 e. The molecule has 0 amide bonds. The van der Waals surface area contributed by atoms with Gasteiger partial charge in [0.05, 0.1) is 0 Å². The monoisotopic (exact) mass is 205 g/mol. The van der Waals surface area contributed by atoms with Crippen molar-refractivity contribution in [2.75, 3.05) is 6.54 Å². The fraction of sp³-hybridized carbons (Fsp3) is 0.417. The zero-order valence-electron chi connectivity index (χ0n) is 8.73. The van der Waals surface area contributed by atoms with E-state index in [9.17, 15) is 4.79 Å². The number of aliphatic carboxylic acids is 1. The third-order valence-corrected chi connectivity index (χ3v) is 2.96. The Morgan fingerprint density at radius 2 is 2.33 bits per heavy atom. The Morgan fingerprint density at radius 1 is 1.53 bits per heavy atom. The van der Waals surface area contributed by atoms with Gasteiger partial charge in [-0.3, -0.25) is 4.79 Å². The Morgan fingerprint density at radius 3 is 3.00 bits per heavy atom. The van der Waals surface area contributed by atoms with Gasteiger partial charge in [-0.25, -0.2) is 0 Å². The van der Waals surface area contributed by atoms with E-state index in [1.807, 2.05) is 25.1 Å². The highest BCUT2D eigenvalue weighted by molar-refractivity contribution is 5.75. The van der Waals surface area contributed by atoms with Crippen molar-refractivity contribution in [2.45, 2.75) is 25.3 Å². The molecule has 0 radical (unpaired) electrons. The van der Waals surface area contributed by atoms with Crippen LogP contribution in [0.5, 0.6) is 0 Å². The fourth-order valence-corrected chi connectivity index (χ4v) is 2.22. The molecule has 1 aromatic carbocycles. The lowest BCUT2D eigenvalue weighted by atomic mass is 9.91. The summed E-state index contributed by atoms with van der Waals surface area (Å²) in [7, 11) is 0. The highest BCUT2D eigenvalue weighted by atomic mass is 16.4. The first-order valence-corrected chi connectivity index (χ1v) is 5.21. The number of carboxylic acids is 1. The van der Waals surface area contributed by atoms with Gasteiger partial charge in [0.1, 0.15) is 6.04 Å². The lowest BCUT2D eigenvalue weighted by Crippen LogP contribution is -2.34. The Kier molecular flexibility index (Phi) is 2.73. The van der Waals surface area contributed by atoms with Crippen molar-refractivity contribution >= 4 is 5.97 Å². The zero-order valence-corrected chi connectivity index (χ0v) is 8.73. The van der Waals surface area contributed by atoms with Gasteiger partial charge in [0.2, 0.25) is 0 Å². The topological polar surface area (TPSA) is 49.3 Å². The van der Waals surface area contributed by atoms with Crippen LogP contribution in [0.1, 0.15) is 23.5 Å². The van der Waals surface area contributed by atoms with E-state index in [4.69, 9.17) is 5.11 Å². The van der Waals surface area contributed by atoms with Crippen LogP contribution < -0.4 is 5.32 Å². The summed E-state index contributed by atoms with van der Waals surface area (Å²) in [5, 5.41) is 12.1. The third-order valence-electron chi connectivity index (χ3n) is 2.96. The highest BCUT2D eigenvalue weighted by Gasteiger charge is 2.33. The molecule has 2 rings (SSSR count). The van der Waals surface area contributed by atoms with E-state index in [1.54, 1.807) is 0 Å². The van der Waals surface area contributed by atoms with Crippen LogP contribution >= 0.6 is 0 Å². The minimum absolute atomic E-state index is 0.113. The van der Waals surface area contributed by atoms with Crippen molar-refractivity contribution in [1.82, 2.24) is 5.32 Å². The molecule has 1 fully saturated rings. The Labute approximate surface area is 89.1 Å². The molecule has 2 N–H and O–H groups in total. The molecule has 0 saturated carbocycles. The molecule has 0 aliphatic carbocycles. The molecule has 0 bridgehead atoms. The molecule has 1 aromatic rings. The molecule has 0 aromatic heterocycles. The minimum atomic E-state index is -0.751. The van der Waals surface area contributed by atoms with Crippen molar-refractivity contribution in [3.05, 3.63) is 35.4 Å². The van der Waals surface area contributed by atoms with Crippen LogP contribution in [-0.4, -0.2) is 23.7 Å². The minimum Gasteiger partial charge on any atom is -0.480 e. The van der Waals surface area contributed by atoms with E-state index < -0.39 is 12.0 Å². The number of benzene rings is 1. The number of nitrogens with one attached hydrogen (secondary N) is 1. The van der Waals surface area contributed by atoms with E-state index >= 15 is 0 Å². The van der Waals surface area contributed by atoms with Gasteiger partial charge in [0, 0.05) is 5.92 Å². The van der Waals surface area contributed by atoms with Crippen molar-refractivity contribution in [3.8, 4) is 0 Å². The van der Waals surface area contributed by atoms with Gasteiger partial charge < -0.3 is 10.4 Å². The predicted molar refractivity (Wildman–Crippen MR) is 58.0 cm³/mol. The lowest BCUT2D eigenvalue weighted by Gasteiger charge is -2.16. The predicted octanol–water partition coefficient (Wildman–Crippen LogP) is 1.53. The standard InChI is InChI=1S/C12H15NO2/c1-8-3-2-4-9(7-8)10-5-6-13-11(10)12(14)15/h2-4,7,10-11,13H,5-6H2,1H3,(H,14,15)/t10-,11-/m0/s1. The first-order chi connectivity index (χ1) is 7.18. The SMILES string of the molecule is Cc1cccc([C@@H]2CCN[C@@H]2C(=O)O)c1. The van der Waals surface area contributed by atoms with Gasteiger partial charge >= 0.3 is 5.97 Å². The molecular weight excluding hydrogens is 190 g/mol. The lowest BCUT2D eigenvalue weighted by molar-refractivity contribution is -0.139. The van der Waals surface area contributed by atoms with Crippen LogP contribution in [0.4, 0.5) is 0 Å². The molecule has 3 nitrogen and oxygen atoms in total. The number of hydrogen-bond acceptors (Lipinski definition) is 2. The first kappa shape index (κ1) is 10.2. The van der Waals surface area contributed by atoms with Crippen molar-refractivity contribution in [3.63, 3.8) is 0 Å². The zero-order chi connectivity index (χ0) is 10.8. The first-order valence-electron chi connectivity index (χ1n) is 5.21. The fourth-order valence-electron chi connectivity index (χ4n) is 2.22. The van der Waals surface area contributed by atoms with Gasteiger partial charge in [0.25, 0.3) is 0 Å². The maximum atomic E-state index is 11.0. The number of aryl methyl sites for hydroxylation is 1. The molecule has 0 spiro atoms. The molecule has 80 valence electrons. The molecule has 1 saturated heterocycles. The summed E-state index contributed by atoms with van der Waals surface area (Å²) in [6, 6.07) is 7.68. The normalized spacial score (nSPS) is 25.4. The van der Waals surface area contributed by atoms with Gasteiger partial charge in [-0.15, -0.1) is 0 Å². The molecule has 15 heavy (non-hydrogen) atoms. The van der Waals surface area contributed by atoms with Crippen LogP contribution in [0.25, 0.3) is 0 Å². The Hall–Kier alpha value is -1.35. The Balaban J connectivity index is 2.26. The van der Waals surface area contributed by atoms with Crippen LogP contribution in [-0.2, 0) is 4.79 Å². The average molecular weight is 205 g/mol. The molecule has 1 aliphatic heterocycles. The second-order valence-electron chi connectivity index (χ2n) is 4.08. The van der Waals surface area contributed by atoms with Gasteiger partial charge in [-0.1, -0.05) is 29.8 Å². The van der Waals surface area contributed by atoms with Crippen LogP contribution in [0.2, 0.25) is 0 Å². The highest BCUT2D eigenvalue weighted by Crippen LogP contribution is 2.28. The second-order valence-corrected chi connectivity index (χ2v) is 4.08. The molecule has 0 unspecified atom stereocenters. The van der Waals surface area contributed by atoms with Gasteiger partial charge in [0.15, 0.2) is 0 Å². The summed E-state index contributed by atoms with van der Waals surface area (Å²) in [5.41, 5.74) is 2.32. The Bertz CT molecular complexity index is 376. The molecule has 2 atom stereocenters. The molecule has 3 heteroatoms. The van der Waals surface area contributed by atoms with Crippen LogP contribution in [0.3, 0.4) is 0 Å². The molecule has 1 heterocycles. The number of rotatable bonds is 2. The van der Waals surface area contributed by atoms with Crippen molar-refractivity contribution in [2.24, 2.45) is 0 Å². The second kappa shape index (κ2) is 4.03. The molecular formula is C12H15NO2. The summed E-state index contributed by atoms with van der Waals surface area (Å²) < 4.78 is 0. The molecule has 1 aliphatic rings. The summed E-state index contributed by atoms with van der Waals surface area (Å²) >= 11 is 0. The van der Waals surface area contributed by atoms with Crippen LogP contribution in [0.15, 0.2) is 24.3 Å². The van der Waals surface area contributed by atoms with E-state index in [-0.39, 0.29) is 5.92 Å². The quantitative estimate of drug-likeness (QED) is 0.769. The van der Waals surface area contributed by atoms with E-state index in [2.05, 4.69) is 11.4 Å². The van der Waals surface area contributed by atoms with E-state index in [1.165, 1.54) is 5.56 Å². The third kappa shape index (κ3) is 2.02.